The Morgan fingerprint density at radius 3 is 2.29 bits per heavy atom. The van der Waals surface area contributed by atoms with E-state index in [2.05, 4.69) is 5.32 Å². The maximum absolute atomic E-state index is 12.9. The summed E-state index contributed by atoms with van der Waals surface area (Å²) in [6.45, 7) is 2.05. The van der Waals surface area contributed by atoms with Crippen LogP contribution in [0.15, 0.2) is 83.5 Å². The molecule has 34 heavy (non-hydrogen) atoms. The fourth-order valence-electron chi connectivity index (χ4n) is 3.39. The highest BCUT2D eigenvalue weighted by Crippen LogP contribution is 2.31. The molecule has 0 aromatic heterocycles. The summed E-state index contributed by atoms with van der Waals surface area (Å²) >= 11 is 6.19. The molecule has 7 nitrogen and oxygen atoms in total. The Hall–Kier alpha value is -4.10. The molecule has 1 N–H and O–H groups in total. The van der Waals surface area contributed by atoms with E-state index >= 15 is 0 Å². The molecule has 4 rings (SSSR count). The Labute approximate surface area is 201 Å². The molecule has 3 aromatic rings. The minimum Gasteiger partial charge on any atom is -0.497 e. The summed E-state index contributed by atoms with van der Waals surface area (Å²) in [6, 6.07) is 20.2. The van der Waals surface area contributed by atoms with Gasteiger partial charge in [0.2, 0.25) is 0 Å². The molecule has 0 unspecified atom stereocenters. The van der Waals surface area contributed by atoms with Gasteiger partial charge in [-0.15, -0.1) is 0 Å². The predicted octanol–water partition coefficient (Wildman–Crippen LogP) is 4.91. The first-order valence-corrected chi connectivity index (χ1v) is 10.9. The van der Waals surface area contributed by atoms with Crippen molar-refractivity contribution in [3.05, 3.63) is 94.7 Å². The third-order valence-electron chi connectivity index (χ3n) is 5.27. The molecule has 1 aliphatic heterocycles. The number of amides is 2. The molecule has 172 valence electrons. The molecule has 2 amide bonds. The molecular formula is C26H21ClN2O5. The van der Waals surface area contributed by atoms with Crippen molar-refractivity contribution in [2.45, 2.75) is 13.3 Å². The van der Waals surface area contributed by atoms with E-state index in [0.717, 1.165) is 16.9 Å². The third-order valence-corrected chi connectivity index (χ3v) is 5.62. The average molecular weight is 477 g/mol. The molecule has 0 spiro atoms. The van der Waals surface area contributed by atoms with Crippen LogP contribution in [0.5, 0.6) is 11.5 Å². The third kappa shape index (κ3) is 4.65. The van der Waals surface area contributed by atoms with Crippen molar-refractivity contribution in [3.8, 4) is 11.5 Å². The number of hydrogen-bond acceptors (Lipinski definition) is 6. The number of rotatable bonds is 7. The van der Waals surface area contributed by atoms with Gasteiger partial charge in [0.25, 0.3) is 11.8 Å². The molecule has 8 heteroatoms. The minimum absolute atomic E-state index is 0.0548. The lowest BCUT2D eigenvalue weighted by Gasteiger charge is -2.16. The number of benzene rings is 3. The van der Waals surface area contributed by atoms with Gasteiger partial charge in [0.15, 0.2) is 0 Å². The lowest BCUT2D eigenvalue weighted by molar-refractivity contribution is -0.120. The van der Waals surface area contributed by atoms with Crippen molar-refractivity contribution in [1.29, 1.82) is 0 Å². The number of ether oxygens (including phenoxy) is 2. The molecule has 1 aliphatic rings. The average Bonchev–Trinajstić information content (AvgIpc) is 3.07. The van der Waals surface area contributed by atoms with Gasteiger partial charge in [0, 0.05) is 11.8 Å². The highest BCUT2D eigenvalue weighted by Gasteiger charge is 2.39. The molecule has 0 aliphatic carbocycles. The largest absolute Gasteiger partial charge is 0.497 e. The van der Waals surface area contributed by atoms with Gasteiger partial charge in [-0.2, -0.15) is 0 Å². The summed E-state index contributed by atoms with van der Waals surface area (Å²) in [4.78, 5) is 39.0. The van der Waals surface area contributed by atoms with Crippen LogP contribution in [0.2, 0.25) is 0 Å². The lowest BCUT2D eigenvalue weighted by atomic mass is 10.1. The first-order chi connectivity index (χ1) is 16.4. The Bertz CT molecular complexity index is 1280. The number of carbonyl (C=O) groups is 3. The predicted molar refractivity (Wildman–Crippen MR) is 129 cm³/mol. The fraction of sp³-hybridized carbons (Fsp3) is 0.115. The van der Waals surface area contributed by atoms with Gasteiger partial charge in [-0.3, -0.25) is 9.59 Å². The minimum atomic E-state index is -0.642. The number of nitrogens with one attached hydrogen (secondary N) is 1. The molecule has 3 aromatic carbocycles. The number of carbonyl (C=O) groups excluding carboxylic acids is 3. The maximum atomic E-state index is 12.9. The van der Waals surface area contributed by atoms with Crippen molar-refractivity contribution < 1.29 is 23.9 Å². The number of anilines is 2. The normalized spacial score (nSPS) is 13.3. The van der Waals surface area contributed by atoms with Crippen molar-refractivity contribution in [2.75, 3.05) is 17.3 Å². The number of hydrogen-bond donors (Lipinski definition) is 1. The Balaban J connectivity index is 1.46. The summed E-state index contributed by atoms with van der Waals surface area (Å²) in [5.74, 6) is -0.795. The van der Waals surface area contributed by atoms with E-state index in [1.165, 1.54) is 7.11 Å². The van der Waals surface area contributed by atoms with Crippen LogP contribution in [0.4, 0.5) is 11.4 Å². The van der Waals surface area contributed by atoms with Gasteiger partial charge in [-0.05, 0) is 60.5 Å². The zero-order valence-electron chi connectivity index (χ0n) is 18.5. The second-order valence-electron chi connectivity index (χ2n) is 7.43. The Morgan fingerprint density at radius 1 is 0.941 bits per heavy atom. The first-order valence-electron chi connectivity index (χ1n) is 10.5. The van der Waals surface area contributed by atoms with Crippen LogP contribution >= 0.6 is 11.6 Å². The standard InChI is InChI=1S/C26H21ClN2O5/c1-3-16-7-13-20(14-8-16)34-26(32)17-9-11-18(12-10-17)28-23-22(27)24(30)29(25(23)31)19-5-4-6-21(15-19)33-2/h4-15,28H,3H2,1-2H3. The van der Waals surface area contributed by atoms with Gasteiger partial charge in [0.1, 0.15) is 22.2 Å². The molecule has 1 heterocycles. The summed E-state index contributed by atoms with van der Waals surface area (Å²) in [5, 5.41) is 2.65. The van der Waals surface area contributed by atoms with E-state index in [-0.39, 0.29) is 10.7 Å². The highest BCUT2D eigenvalue weighted by molar-refractivity contribution is 6.53. The summed E-state index contributed by atoms with van der Waals surface area (Å²) < 4.78 is 10.6. The monoisotopic (exact) mass is 476 g/mol. The molecule has 0 fully saturated rings. The number of aryl methyl sites for hydroxylation is 1. The number of methoxy groups -OCH3 is 1. The smallest absolute Gasteiger partial charge is 0.343 e. The highest BCUT2D eigenvalue weighted by atomic mass is 35.5. The topological polar surface area (TPSA) is 84.9 Å². The van der Waals surface area contributed by atoms with E-state index in [4.69, 9.17) is 21.1 Å². The molecular weight excluding hydrogens is 456 g/mol. The summed E-state index contributed by atoms with van der Waals surface area (Å²) in [6.07, 6.45) is 0.897. The van der Waals surface area contributed by atoms with Gasteiger partial charge in [-0.1, -0.05) is 36.7 Å². The Morgan fingerprint density at radius 2 is 1.65 bits per heavy atom. The Kier molecular flexibility index (Phi) is 6.65. The maximum Gasteiger partial charge on any atom is 0.343 e. The van der Waals surface area contributed by atoms with Crippen molar-refractivity contribution in [2.24, 2.45) is 0 Å². The molecule has 0 atom stereocenters. The summed E-state index contributed by atoms with van der Waals surface area (Å²) in [7, 11) is 1.49. The van der Waals surface area contributed by atoms with E-state index in [1.54, 1.807) is 60.7 Å². The van der Waals surface area contributed by atoms with Crippen LogP contribution < -0.4 is 19.7 Å². The molecule has 0 saturated heterocycles. The van der Waals surface area contributed by atoms with Crippen LogP contribution in [0.3, 0.4) is 0 Å². The van der Waals surface area contributed by atoms with E-state index in [1.807, 2.05) is 19.1 Å². The van der Waals surface area contributed by atoms with Crippen LogP contribution in [0.1, 0.15) is 22.8 Å². The molecule has 0 saturated carbocycles. The SMILES string of the molecule is CCc1ccc(OC(=O)c2ccc(NC3=C(Cl)C(=O)N(c4cccc(OC)c4)C3=O)cc2)cc1. The second-order valence-corrected chi connectivity index (χ2v) is 7.80. The zero-order chi connectivity index (χ0) is 24.2. The van der Waals surface area contributed by atoms with Crippen molar-refractivity contribution >= 4 is 40.8 Å². The number of halogens is 1. The van der Waals surface area contributed by atoms with Crippen molar-refractivity contribution in [3.63, 3.8) is 0 Å². The van der Waals surface area contributed by atoms with Gasteiger partial charge in [-0.25, -0.2) is 9.69 Å². The van der Waals surface area contributed by atoms with Crippen molar-refractivity contribution in [1.82, 2.24) is 0 Å². The van der Waals surface area contributed by atoms with Gasteiger partial charge in [0.05, 0.1) is 18.4 Å². The molecule has 0 bridgehead atoms. The van der Waals surface area contributed by atoms with Crippen LogP contribution in [0.25, 0.3) is 0 Å². The fourth-order valence-corrected chi connectivity index (χ4v) is 3.60. The lowest BCUT2D eigenvalue weighted by Crippen LogP contribution is -2.32. The first kappa shape index (κ1) is 23.1. The van der Waals surface area contributed by atoms with Crippen LogP contribution in [-0.4, -0.2) is 24.9 Å². The number of imide groups is 1. The number of esters is 1. The number of nitrogens with zero attached hydrogens (tertiary/aromatic N) is 1. The van der Waals surface area contributed by atoms with E-state index in [9.17, 15) is 14.4 Å². The van der Waals surface area contributed by atoms with Gasteiger partial charge < -0.3 is 14.8 Å². The molecule has 0 radical (unpaired) electrons. The quantitative estimate of drug-likeness (QED) is 0.296. The second kappa shape index (κ2) is 9.80. The van der Waals surface area contributed by atoms with Crippen LogP contribution in [-0.2, 0) is 16.0 Å². The van der Waals surface area contributed by atoms with E-state index < -0.39 is 17.8 Å². The van der Waals surface area contributed by atoms with Gasteiger partial charge >= 0.3 is 5.97 Å². The zero-order valence-corrected chi connectivity index (χ0v) is 19.3. The van der Waals surface area contributed by atoms with E-state index in [0.29, 0.717) is 28.4 Å². The summed E-state index contributed by atoms with van der Waals surface area (Å²) in [5.41, 5.74) is 2.24. The van der Waals surface area contributed by atoms with Crippen LogP contribution in [0, 0.1) is 0 Å².